The zero-order valence-electron chi connectivity index (χ0n) is 36.5. The van der Waals surface area contributed by atoms with Gasteiger partial charge in [0.25, 0.3) is 5.91 Å². The van der Waals surface area contributed by atoms with Gasteiger partial charge in [0.15, 0.2) is 0 Å². The summed E-state index contributed by atoms with van der Waals surface area (Å²) in [5, 5.41) is 13.0. The summed E-state index contributed by atoms with van der Waals surface area (Å²) in [6.45, 7) is 3.35. The number of para-hydroxylation sites is 1. The van der Waals surface area contributed by atoms with Crippen molar-refractivity contribution in [3.8, 4) is 5.75 Å². The van der Waals surface area contributed by atoms with Crippen LogP contribution in [0.15, 0.2) is 108 Å². The number of fused-ring (bicyclic) bond motifs is 1. The van der Waals surface area contributed by atoms with Crippen molar-refractivity contribution in [3.63, 3.8) is 0 Å². The molecule has 0 saturated carbocycles. The van der Waals surface area contributed by atoms with Crippen molar-refractivity contribution in [3.05, 3.63) is 125 Å². The number of ether oxygens (including phenoxy) is 3. The monoisotopic (exact) mass is 888 g/mol. The number of hydrogen-bond acceptors (Lipinski definition) is 11. The van der Waals surface area contributed by atoms with E-state index in [1.165, 1.54) is 29.7 Å². The van der Waals surface area contributed by atoms with E-state index >= 15 is 0 Å². The number of carbonyl (C=O) groups excluding carboxylic acids is 6. The average molecular weight is 889 g/mol. The molecule has 17 nitrogen and oxygen atoms in total. The Morgan fingerprint density at radius 1 is 0.738 bits per heavy atom. The van der Waals surface area contributed by atoms with E-state index in [2.05, 4.69) is 48.6 Å². The van der Waals surface area contributed by atoms with Gasteiger partial charge in [-0.3, -0.25) is 24.1 Å². The number of nitrogens with zero attached hydrogens (tertiary/aromatic N) is 3. The Morgan fingerprint density at radius 2 is 1.49 bits per heavy atom. The van der Waals surface area contributed by atoms with Crippen LogP contribution in [0.5, 0.6) is 5.75 Å². The fraction of sp³-hybridized carbons (Fsp3) is 0.354. The second-order valence-electron chi connectivity index (χ2n) is 15.5. The van der Waals surface area contributed by atoms with Crippen LogP contribution >= 0.6 is 0 Å². The van der Waals surface area contributed by atoms with Gasteiger partial charge in [-0.2, -0.15) is 0 Å². The molecule has 0 aromatic heterocycles. The van der Waals surface area contributed by atoms with Crippen molar-refractivity contribution < 1.29 is 43.0 Å². The van der Waals surface area contributed by atoms with Crippen LogP contribution in [-0.4, -0.2) is 106 Å². The molecule has 0 spiro atoms. The largest absolute Gasteiger partial charge is 0.494 e. The number of likely N-dealkylation sites (N-methyl/N-ethyl adjacent to an activating group) is 1. The highest BCUT2D eigenvalue weighted by atomic mass is 16.5. The molecule has 342 valence electrons. The minimum Gasteiger partial charge on any atom is -0.494 e. The lowest BCUT2D eigenvalue weighted by Crippen LogP contribution is -2.47. The number of carbonyl (C=O) groups is 6. The smallest absolute Gasteiger partial charge is 0.407 e. The Bertz CT molecular complexity index is 2300. The molecule has 0 unspecified atom stereocenters. The van der Waals surface area contributed by atoms with Crippen LogP contribution < -0.4 is 36.2 Å². The van der Waals surface area contributed by atoms with Gasteiger partial charge >= 0.3 is 18.1 Å². The maximum atomic E-state index is 13.5. The summed E-state index contributed by atoms with van der Waals surface area (Å²) in [6.07, 6.45) is 2.21. The number of esters is 1. The number of piperidine rings is 1. The molecule has 0 aliphatic carbocycles. The Hall–Kier alpha value is -7.27. The van der Waals surface area contributed by atoms with Crippen LogP contribution in [0.3, 0.4) is 0 Å². The minimum atomic E-state index is -1.22. The lowest BCUT2D eigenvalue weighted by Gasteiger charge is -2.26. The Kier molecular flexibility index (Phi) is 17.8. The standard InChI is InChI=1S/C48H56N8O9/c1-55-40-20-7-6-19-39(40)44(36-15-4-2-5-16-36)53-45(46(55)60)54-47(61)52-37-17-10-14-35(29-37)33-65-48(62)51-31-42(58)50-24-21-43(59)64-28-22-41(57)49-23-12-27-63-38-18-11-13-34(30-38)32-56-25-8-3-9-26-56/h2,4-7,10-11,13-20,29-30,45H,3,8-9,12,21-28,31-33H2,1H3,(H,49,57)(H,50,58)(H,51,62)(H2,52,54,61)/t45-/m0/s1. The first-order valence-electron chi connectivity index (χ1n) is 21.8. The van der Waals surface area contributed by atoms with Crippen molar-refractivity contribution >= 4 is 52.9 Å². The summed E-state index contributed by atoms with van der Waals surface area (Å²) in [7, 11) is 1.63. The summed E-state index contributed by atoms with van der Waals surface area (Å²) in [6, 6.07) is 30.8. The fourth-order valence-electron chi connectivity index (χ4n) is 7.21. The van der Waals surface area contributed by atoms with Gasteiger partial charge < -0.3 is 45.7 Å². The van der Waals surface area contributed by atoms with E-state index in [4.69, 9.17) is 14.2 Å². The predicted molar refractivity (Wildman–Crippen MR) is 244 cm³/mol. The van der Waals surface area contributed by atoms with E-state index in [0.29, 0.717) is 42.2 Å². The van der Waals surface area contributed by atoms with Crippen molar-refractivity contribution in [2.24, 2.45) is 4.99 Å². The van der Waals surface area contributed by atoms with Gasteiger partial charge in [0.2, 0.25) is 18.0 Å². The quantitative estimate of drug-likeness (QED) is 0.0600. The third-order valence-corrected chi connectivity index (χ3v) is 10.5. The molecule has 17 heteroatoms. The number of benzodiazepines with no additional fused rings is 1. The number of amides is 6. The zero-order chi connectivity index (χ0) is 45.8. The van der Waals surface area contributed by atoms with Gasteiger partial charge in [-0.15, -0.1) is 0 Å². The number of nitrogens with one attached hydrogen (secondary N) is 5. The Morgan fingerprint density at radius 3 is 2.32 bits per heavy atom. The SMILES string of the molecule is CN1C(=O)[C@H](NC(=O)Nc2cccc(COC(=O)NCC(=O)NCCC(=O)OCCC(=O)NCCCOc3cccc(CN4CCCCC4)c3)c2)N=C(c2ccccc2)c2ccccc21. The van der Waals surface area contributed by atoms with E-state index in [-0.39, 0.29) is 38.5 Å². The topological polar surface area (TPSA) is 209 Å². The number of urea groups is 1. The lowest BCUT2D eigenvalue weighted by atomic mass is 10.0. The minimum absolute atomic E-state index is 0.00205. The van der Waals surface area contributed by atoms with E-state index in [9.17, 15) is 28.8 Å². The summed E-state index contributed by atoms with van der Waals surface area (Å²) < 4.78 is 16.2. The van der Waals surface area contributed by atoms with E-state index in [0.717, 1.165) is 36.5 Å². The van der Waals surface area contributed by atoms with Crippen molar-refractivity contribution in [1.29, 1.82) is 0 Å². The van der Waals surface area contributed by atoms with Gasteiger partial charge in [0, 0.05) is 43.5 Å². The number of alkyl carbamates (subject to hydrolysis) is 1. The number of rotatable bonds is 20. The second-order valence-corrected chi connectivity index (χ2v) is 15.5. The number of likely N-dealkylation sites (tertiary alicyclic amines) is 1. The maximum Gasteiger partial charge on any atom is 0.407 e. The van der Waals surface area contributed by atoms with Gasteiger partial charge in [-0.05, 0) is 73.8 Å². The Labute approximate surface area is 378 Å². The number of hydrogen-bond donors (Lipinski definition) is 5. The summed E-state index contributed by atoms with van der Waals surface area (Å²) in [4.78, 5) is 84.1. The van der Waals surface area contributed by atoms with Gasteiger partial charge in [-0.1, -0.05) is 79.2 Å². The van der Waals surface area contributed by atoms with Crippen molar-refractivity contribution in [2.45, 2.75) is 57.8 Å². The highest BCUT2D eigenvalue weighted by Gasteiger charge is 2.31. The van der Waals surface area contributed by atoms with Crippen molar-refractivity contribution in [1.82, 2.24) is 26.2 Å². The lowest BCUT2D eigenvalue weighted by molar-refractivity contribution is -0.144. The van der Waals surface area contributed by atoms with Crippen LogP contribution in [0.1, 0.15) is 60.8 Å². The number of anilines is 2. The van der Waals surface area contributed by atoms with Gasteiger partial charge in [-0.25, -0.2) is 14.6 Å². The molecule has 1 fully saturated rings. The molecule has 5 N–H and O–H groups in total. The molecule has 2 aliphatic heterocycles. The maximum absolute atomic E-state index is 13.5. The van der Waals surface area contributed by atoms with Crippen LogP contribution in [0, 0.1) is 0 Å². The molecular weight excluding hydrogens is 833 g/mol. The molecule has 0 radical (unpaired) electrons. The molecule has 1 saturated heterocycles. The summed E-state index contributed by atoms with van der Waals surface area (Å²) in [5.41, 5.74) is 4.88. The highest BCUT2D eigenvalue weighted by molar-refractivity contribution is 6.20. The highest BCUT2D eigenvalue weighted by Crippen LogP contribution is 2.27. The molecular formula is C48H56N8O9. The second kappa shape index (κ2) is 24.5. The van der Waals surface area contributed by atoms with E-state index in [1.54, 1.807) is 31.3 Å². The first-order valence-corrected chi connectivity index (χ1v) is 21.8. The molecule has 1 atom stereocenters. The van der Waals surface area contributed by atoms with Crippen LogP contribution in [-0.2, 0) is 41.8 Å². The third kappa shape index (κ3) is 15.2. The molecule has 0 bridgehead atoms. The number of aliphatic imine (C=N–C) groups is 1. The van der Waals surface area contributed by atoms with Gasteiger partial charge in [0.1, 0.15) is 19.0 Å². The van der Waals surface area contributed by atoms with Crippen LogP contribution in [0.25, 0.3) is 0 Å². The normalized spacial score (nSPS) is 14.7. The molecule has 2 heterocycles. The van der Waals surface area contributed by atoms with Gasteiger partial charge in [0.05, 0.1) is 37.4 Å². The first-order chi connectivity index (χ1) is 31.6. The molecule has 6 rings (SSSR count). The Balaban J connectivity index is 0.811. The van der Waals surface area contributed by atoms with E-state index in [1.807, 2.05) is 66.7 Å². The predicted octanol–water partition coefficient (Wildman–Crippen LogP) is 4.89. The molecule has 4 aromatic carbocycles. The van der Waals surface area contributed by atoms with E-state index < -0.39 is 42.6 Å². The molecule has 2 aliphatic rings. The molecule has 6 amide bonds. The molecule has 65 heavy (non-hydrogen) atoms. The zero-order valence-corrected chi connectivity index (χ0v) is 36.5. The summed E-state index contributed by atoms with van der Waals surface area (Å²) in [5.74, 6) is -1.01. The summed E-state index contributed by atoms with van der Waals surface area (Å²) >= 11 is 0. The molecule has 4 aromatic rings. The van der Waals surface area contributed by atoms with Crippen LogP contribution in [0.2, 0.25) is 0 Å². The fourth-order valence-corrected chi connectivity index (χ4v) is 7.21. The number of benzene rings is 4. The van der Waals surface area contributed by atoms with Crippen molar-refractivity contribution in [2.75, 3.05) is 63.2 Å². The van der Waals surface area contributed by atoms with Crippen LogP contribution in [0.4, 0.5) is 21.0 Å². The average Bonchev–Trinajstić information content (AvgIpc) is 3.41. The first kappa shape index (κ1) is 47.2. The third-order valence-electron chi connectivity index (χ3n) is 10.5.